The number of rotatable bonds is 40. The molecule has 2 rings (SSSR count). The highest BCUT2D eigenvalue weighted by Gasteiger charge is 2.54. The number of epoxide rings is 1. The molecule has 1 saturated carbocycles. The standard InChI is InChI=1S/C47H84O17P2/c1-3-5-7-8-9-10-11-12-13-14-15-16-17-18-23-26-30-34-41(49)61-37(36-60-66(57,58)64-47-44(52)42(50)43(51)46(45(47)53)63-65(54,55)56)35-59-40(48)33-29-25-22-20-19-21-24-28-32-39-38(62-39)31-27-6-4-2/h9-10,12-13,24,28,37-39,42-47,50-53H,3-8,11,14-23,25-27,29-36H2,1-2H3,(H,57,58)(H2,54,55,56)/b10-9-,13-12-,28-24-/t37-,38?,39?,42?,43?,44?,45?,46-,47+/m1/s1. The Kier molecular flexibility index (Phi) is 32.3. The molecule has 0 bridgehead atoms. The summed E-state index contributed by atoms with van der Waals surface area (Å²) in [4.78, 5) is 54.4. The Labute approximate surface area is 393 Å². The first-order valence-corrected chi connectivity index (χ1v) is 27.7. The van der Waals surface area contributed by atoms with Crippen molar-refractivity contribution in [3.63, 3.8) is 0 Å². The summed E-state index contributed by atoms with van der Waals surface area (Å²) in [5.41, 5.74) is 0. The Morgan fingerprint density at radius 2 is 1.06 bits per heavy atom. The molecule has 7 unspecified atom stereocenters. The van der Waals surface area contributed by atoms with Crippen LogP contribution in [-0.2, 0) is 46.5 Å². The van der Waals surface area contributed by atoms with Gasteiger partial charge in [0.1, 0.15) is 43.2 Å². The highest BCUT2D eigenvalue weighted by atomic mass is 31.2. The zero-order chi connectivity index (χ0) is 48.6. The van der Waals surface area contributed by atoms with Crippen molar-refractivity contribution in [2.24, 2.45) is 0 Å². The summed E-state index contributed by atoms with van der Waals surface area (Å²) >= 11 is 0. The molecule has 10 atom stereocenters. The predicted octanol–water partition coefficient (Wildman–Crippen LogP) is 8.50. The first-order chi connectivity index (χ1) is 31.6. The van der Waals surface area contributed by atoms with Crippen molar-refractivity contribution < 1.29 is 81.6 Å². The summed E-state index contributed by atoms with van der Waals surface area (Å²) in [6.45, 7) is 3.04. The first kappa shape index (κ1) is 60.3. The molecule has 2 fully saturated rings. The van der Waals surface area contributed by atoms with Crippen molar-refractivity contribution in [1.29, 1.82) is 0 Å². The molecule has 0 aromatic rings. The number of phosphoric ester groups is 2. The predicted molar refractivity (Wildman–Crippen MR) is 250 cm³/mol. The fraction of sp³-hybridized carbons (Fsp3) is 0.830. The zero-order valence-electron chi connectivity index (χ0n) is 39.6. The minimum atomic E-state index is -5.37. The zero-order valence-corrected chi connectivity index (χ0v) is 41.4. The molecule has 19 heteroatoms. The molecule has 0 aromatic heterocycles. The monoisotopic (exact) mass is 983 g/mol. The van der Waals surface area contributed by atoms with Gasteiger partial charge in [0.25, 0.3) is 0 Å². The van der Waals surface area contributed by atoms with Gasteiger partial charge in [-0.25, -0.2) is 9.13 Å². The molecule has 0 aromatic carbocycles. The van der Waals surface area contributed by atoms with E-state index < -0.39 is 83.5 Å². The van der Waals surface area contributed by atoms with Gasteiger partial charge in [-0.05, 0) is 70.6 Å². The minimum Gasteiger partial charge on any atom is -0.462 e. The van der Waals surface area contributed by atoms with Gasteiger partial charge in [0, 0.05) is 12.8 Å². The number of aliphatic hydroxyl groups is 4. The number of ether oxygens (including phenoxy) is 3. The number of aliphatic hydroxyl groups excluding tert-OH is 4. The molecular formula is C47H84O17P2. The van der Waals surface area contributed by atoms with E-state index in [4.69, 9.17) is 23.3 Å². The number of hydrogen-bond donors (Lipinski definition) is 7. The van der Waals surface area contributed by atoms with Crippen molar-refractivity contribution in [1.82, 2.24) is 0 Å². The number of carbonyl (C=O) groups excluding carboxylic acids is 2. The van der Waals surface area contributed by atoms with Gasteiger partial charge in [0.05, 0.1) is 18.8 Å². The number of allylic oxidation sites excluding steroid dienone is 5. The van der Waals surface area contributed by atoms with Crippen molar-refractivity contribution in [2.75, 3.05) is 13.2 Å². The van der Waals surface area contributed by atoms with Crippen LogP contribution in [-0.4, -0.2) is 115 Å². The molecule has 0 spiro atoms. The maximum atomic E-state index is 13.0. The van der Waals surface area contributed by atoms with Crippen molar-refractivity contribution in [3.8, 4) is 0 Å². The van der Waals surface area contributed by atoms with E-state index in [1.54, 1.807) is 0 Å². The molecule has 1 aliphatic carbocycles. The molecule has 66 heavy (non-hydrogen) atoms. The summed E-state index contributed by atoms with van der Waals surface area (Å²) in [6.07, 6.45) is 24.0. The van der Waals surface area contributed by atoms with E-state index in [-0.39, 0.29) is 12.8 Å². The number of hydrogen-bond acceptors (Lipinski definition) is 14. The number of unbranched alkanes of at least 4 members (excludes halogenated alkanes) is 17. The lowest BCUT2D eigenvalue weighted by atomic mass is 9.85. The van der Waals surface area contributed by atoms with Crippen LogP contribution in [0.1, 0.15) is 181 Å². The highest BCUT2D eigenvalue weighted by Crippen LogP contribution is 2.49. The van der Waals surface area contributed by atoms with E-state index >= 15 is 0 Å². The Morgan fingerprint density at radius 3 is 1.64 bits per heavy atom. The quantitative estimate of drug-likeness (QED) is 0.00997. The average molecular weight is 983 g/mol. The lowest BCUT2D eigenvalue weighted by Crippen LogP contribution is -2.64. The second-order valence-electron chi connectivity index (χ2n) is 17.6. The number of esters is 2. The van der Waals surface area contributed by atoms with Crippen LogP contribution in [0.25, 0.3) is 0 Å². The van der Waals surface area contributed by atoms with Crippen molar-refractivity contribution >= 4 is 27.6 Å². The van der Waals surface area contributed by atoms with Crippen LogP contribution in [0.15, 0.2) is 36.5 Å². The molecule has 2 aliphatic rings. The summed E-state index contributed by atoms with van der Waals surface area (Å²) in [6, 6.07) is 0. The fourth-order valence-electron chi connectivity index (χ4n) is 7.65. The van der Waals surface area contributed by atoms with Gasteiger partial charge in [-0.2, -0.15) is 0 Å². The third kappa shape index (κ3) is 28.6. The van der Waals surface area contributed by atoms with Gasteiger partial charge in [-0.1, -0.05) is 134 Å². The Morgan fingerprint density at radius 1 is 0.561 bits per heavy atom. The molecule has 384 valence electrons. The number of phosphoric acid groups is 2. The SMILES string of the molecule is CCCCC/C=C\C/C=C\CCCCCCCCCC(=O)O[C@H](COC(=O)CCCCCCC/C=C\CC1OC1CCCCC)COP(=O)(O)O[C@H]1C(O)C(O)C(O)[C@@H](OP(=O)(O)O)C1O. The largest absolute Gasteiger partial charge is 0.472 e. The van der Waals surface area contributed by atoms with Crippen LogP contribution in [0.2, 0.25) is 0 Å². The molecule has 0 radical (unpaired) electrons. The van der Waals surface area contributed by atoms with Crippen LogP contribution in [0, 0.1) is 0 Å². The minimum absolute atomic E-state index is 0.0293. The topological polar surface area (TPSA) is 269 Å². The Balaban J connectivity index is 1.78. The lowest BCUT2D eigenvalue weighted by Gasteiger charge is -2.43. The maximum Gasteiger partial charge on any atom is 0.472 e. The Bertz CT molecular complexity index is 1490. The van der Waals surface area contributed by atoms with E-state index in [1.807, 2.05) is 0 Å². The second-order valence-corrected chi connectivity index (χ2v) is 20.2. The number of carbonyl (C=O) groups is 2. The van der Waals surface area contributed by atoms with Crippen molar-refractivity contribution in [3.05, 3.63) is 36.5 Å². The van der Waals surface area contributed by atoms with E-state index in [1.165, 1.54) is 38.5 Å². The van der Waals surface area contributed by atoms with Crippen LogP contribution in [0.4, 0.5) is 0 Å². The Hall–Kier alpha value is -1.82. The van der Waals surface area contributed by atoms with Crippen LogP contribution < -0.4 is 0 Å². The molecule has 7 N–H and O–H groups in total. The molecular weight excluding hydrogens is 898 g/mol. The lowest BCUT2D eigenvalue weighted by molar-refractivity contribution is -0.216. The molecule has 1 aliphatic heterocycles. The molecule has 1 saturated heterocycles. The third-order valence-corrected chi connectivity index (χ3v) is 13.1. The fourth-order valence-corrected chi connectivity index (χ4v) is 9.19. The van der Waals surface area contributed by atoms with E-state index in [9.17, 15) is 53.8 Å². The highest BCUT2D eigenvalue weighted by molar-refractivity contribution is 7.47. The van der Waals surface area contributed by atoms with Gasteiger partial charge >= 0.3 is 27.6 Å². The molecule has 17 nitrogen and oxygen atoms in total. The van der Waals surface area contributed by atoms with Crippen LogP contribution >= 0.6 is 15.6 Å². The van der Waals surface area contributed by atoms with Crippen LogP contribution in [0.5, 0.6) is 0 Å². The maximum absolute atomic E-state index is 13.0. The summed E-state index contributed by atoms with van der Waals surface area (Å²) < 4.78 is 55.2. The van der Waals surface area contributed by atoms with Gasteiger partial charge in [0.15, 0.2) is 6.10 Å². The second kappa shape index (κ2) is 35.3. The smallest absolute Gasteiger partial charge is 0.462 e. The van der Waals surface area contributed by atoms with Gasteiger partial charge in [-0.3, -0.25) is 23.2 Å². The van der Waals surface area contributed by atoms with Gasteiger partial charge in [-0.15, -0.1) is 0 Å². The summed E-state index contributed by atoms with van der Waals surface area (Å²) in [7, 11) is -10.7. The first-order valence-electron chi connectivity index (χ1n) is 24.7. The van der Waals surface area contributed by atoms with E-state index in [0.717, 1.165) is 103 Å². The normalized spacial score (nSPS) is 24.9. The van der Waals surface area contributed by atoms with Gasteiger partial charge < -0.3 is 49.3 Å². The van der Waals surface area contributed by atoms with Crippen molar-refractivity contribution in [2.45, 2.75) is 236 Å². The third-order valence-electron chi connectivity index (χ3n) is 11.6. The molecule has 0 amide bonds. The van der Waals surface area contributed by atoms with Crippen LogP contribution in [0.3, 0.4) is 0 Å². The van der Waals surface area contributed by atoms with Gasteiger partial charge in [0.2, 0.25) is 0 Å². The summed E-state index contributed by atoms with van der Waals surface area (Å²) in [5.74, 6) is -1.23. The average Bonchev–Trinajstić information content (AvgIpc) is 4.03. The van der Waals surface area contributed by atoms with E-state index in [2.05, 4.69) is 54.8 Å². The summed E-state index contributed by atoms with van der Waals surface area (Å²) in [5, 5.41) is 41.3. The van der Waals surface area contributed by atoms with E-state index in [0.29, 0.717) is 25.0 Å². The molecule has 1 heterocycles.